The Morgan fingerprint density at radius 2 is 2.03 bits per heavy atom. The van der Waals surface area contributed by atoms with Crippen LogP contribution in [0.2, 0.25) is 0 Å². The van der Waals surface area contributed by atoms with Gasteiger partial charge in [0.2, 0.25) is 5.95 Å². The number of aliphatic imine (C=N–C) groups is 1. The van der Waals surface area contributed by atoms with Crippen molar-refractivity contribution in [2.24, 2.45) is 4.99 Å². The van der Waals surface area contributed by atoms with Crippen molar-refractivity contribution >= 4 is 34.6 Å². The summed E-state index contributed by atoms with van der Waals surface area (Å²) in [6.45, 7) is 3.92. The quantitative estimate of drug-likeness (QED) is 0.601. The molecule has 2 aromatic heterocycles. The molecule has 3 aliphatic rings. The molecule has 0 aromatic carbocycles. The first kappa shape index (κ1) is 21.4. The molecule has 10 nitrogen and oxygen atoms in total. The topological polar surface area (TPSA) is 98.0 Å². The highest BCUT2D eigenvalue weighted by Gasteiger charge is 2.41. The number of fused-ring (bicyclic) bond motifs is 2. The fourth-order valence-corrected chi connectivity index (χ4v) is 4.18. The van der Waals surface area contributed by atoms with Crippen molar-refractivity contribution in [1.82, 2.24) is 19.7 Å². The molecule has 2 unspecified atom stereocenters. The lowest BCUT2D eigenvalue weighted by atomic mass is 10.0. The number of rotatable bonds is 6. The van der Waals surface area contributed by atoms with Gasteiger partial charge < -0.3 is 14.4 Å². The summed E-state index contributed by atoms with van der Waals surface area (Å²) in [4.78, 5) is 28.3. The van der Waals surface area contributed by atoms with Gasteiger partial charge in [-0.05, 0) is 0 Å². The molecule has 2 atom stereocenters. The molecule has 0 amide bonds. The number of esters is 1. The number of anilines is 2. The molecule has 1 aliphatic carbocycles. The van der Waals surface area contributed by atoms with E-state index in [1.54, 1.807) is 23.0 Å². The van der Waals surface area contributed by atoms with Gasteiger partial charge >= 0.3 is 5.97 Å². The minimum Gasteiger partial charge on any atom is -0.464 e. The molecule has 5 rings (SSSR count). The number of carbonyl (C=O) groups excluding carboxylic acids is 1. The van der Waals surface area contributed by atoms with Crippen LogP contribution in [0, 0.1) is 0 Å². The zero-order chi connectivity index (χ0) is 22.9. The molecule has 4 heterocycles. The van der Waals surface area contributed by atoms with Crippen LogP contribution in [-0.2, 0) is 20.8 Å². The molecular weight excluding hydrogens is 436 g/mol. The summed E-state index contributed by atoms with van der Waals surface area (Å²) in [7, 11) is 0. The fourth-order valence-electron chi connectivity index (χ4n) is 4.18. The van der Waals surface area contributed by atoms with Crippen LogP contribution in [0.1, 0.15) is 6.92 Å². The molecule has 0 spiro atoms. The Morgan fingerprint density at radius 1 is 1.24 bits per heavy atom. The van der Waals surface area contributed by atoms with Crippen LogP contribution in [0.5, 0.6) is 0 Å². The molecule has 2 aromatic rings. The Bertz CT molecular complexity index is 1140. The van der Waals surface area contributed by atoms with E-state index in [-0.39, 0.29) is 19.0 Å². The normalized spacial score (nSPS) is 22.2. The average molecular weight is 459 g/mol. The number of morpholine rings is 1. The zero-order valence-corrected chi connectivity index (χ0v) is 18.0. The Hall–Kier alpha value is -3.41. The van der Waals surface area contributed by atoms with Crippen LogP contribution in [0.15, 0.2) is 35.5 Å². The highest BCUT2D eigenvalue weighted by atomic mass is 19.3. The Kier molecular flexibility index (Phi) is 5.75. The summed E-state index contributed by atoms with van der Waals surface area (Å²) in [6, 6.07) is -0.839. The summed E-state index contributed by atoms with van der Waals surface area (Å²) in [6.07, 6.45) is 6.06. The zero-order valence-electron chi connectivity index (χ0n) is 18.0. The number of amidine groups is 1. The Labute approximate surface area is 188 Å². The van der Waals surface area contributed by atoms with Crippen molar-refractivity contribution in [2.75, 3.05) is 42.7 Å². The smallest absolute Gasteiger partial charge is 0.302 e. The maximum Gasteiger partial charge on any atom is 0.302 e. The lowest BCUT2D eigenvalue weighted by molar-refractivity contribution is -0.141. The summed E-state index contributed by atoms with van der Waals surface area (Å²) >= 11 is 0. The second-order valence-electron chi connectivity index (χ2n) is 7.80. The molecule has 0 N–H and O–H groups in total. The standard InChI is InChI=1S/C21H23F2N7O3/c1-13(31)33-11-8-29-18-14(12-24-29)19(27-21(26-18)28-6-9-32-10-7-28)30-16-5-3-2-4-15(16)25-20(30)17(22)23/h2-5,12,15-17H,6-11H2,1H3. The first-order chi connectivity index (χ1) is 16.0. The van der Waals surface area contributed by atoms with Gasteiger partial charge in [-0.15, -0.1) is 0 Å². The first-order valence-electron chi connectivity index (χ1n) is 10.7. The third-order valence-electron chi connectivity index (χ3n) is 5.69. The number of hydrogen-bond acceptors (Lipinski definition) is 9. The SMILES string of the molecule is CC(=O)OCCn1ncc2c(N3C(C(F)F)=NC4C=CC=CC43)nc(N3CCOCC3)nc21. The third-order valence-corrected chi connectivity index (χ3v) is 5.69. The Morgan fingerprint density at radius 3 is 2.79 bits per heavy atom. The molecule has 33 heavy (non-hydrogen) atoms. The number of ether oxygens (including phenoxy) is 2. The van der Waals surface area contributed by atoms with Crippen molar-refractivity contribution in [2.45, 2.75) is 32.0 Å². The van der Waals surface area contributed by atoms with Gasteiger partial charge in [0.05, 0.1) is 43.4 Å². The summed E-state index contributed by atoms with van der Waals surface area (Å²) in [5, 5.41) is 4.90. The van der Waals surface area contributed by atoms with Crippen LogP contribution in [-0.4, -0.2) is 83.0 Å². The molecule has 1 fully saturated rings. The van der Waals surface area contributed by atoms with Crippen LogP contribution >= 0.6 is 0 Å². The van der Waals surface area contributed by atoms with E-state index in [0.29, 0.717) is 49.1 Å². The maximum absolute atomic E-state index is 14.1. The monoisotopic (exact) mass is 459 g/mol. The summed E-state index contributed by atoms with van der Waals surface area (Å²) < 4.78 is 40.2. The third kappa shape index (κ3) is 4.06. The van der Waals surface area contributed by atoms with Crippen LogP contribution in [0.4, 0.5) is 20.5 Å². The van der Waals surface area contributed by atoms with E-state index in [9.17, 15) is 13.6 Å². The fraction of sp³-hybridized carbons (Fsp3) is 0.476. The minimum atomic E-state index is -2.77. The van der Waals surface area contributed by atoms with E-state index in [0.717, 1.165) is 0 Å². The van der Waals surface area contributed by atoms with Gasteiger partial charge in [0.15, 0.2) is 17.3 Å². The van der Waals surface area contributed by atoms with E-state index in [2.05, 4.69) is 10.1 Å². The number of carbonyl (C=O) groups is 1. The predicted octanol–water partition coefficient (Wildman–Crippen LogP) is 1.57. The molecule has 12 heteroatoms. The van der Waals surface area contributed by atoms with Gasteiger partial charge in [0.25, 0.3) is 6.43 Å². The highest BCUT2D eigenvalue weighted by molar-refractivity contribution is 6.07. The van der Waals surface area contributed by atoms with E-state index < -0.39 is 24.5 Å². The van der Waals surface area contributed by atoms with Crippen molar-refractivity contribution < 1.29 is 23.0 Å². The largest absolute Gasteiger partial charge is 0.464 e. The van der Waals surface area contributed by atoms with Crippen molar-refractivity contribution in [1.29, 1.82) is 0 Å². The Balaban J connectivity index is 1.61. The van der Waals surface area contributed by atoms with Gasteiger partial charge in [-0.3, -0.25) is 14.7 Å². The van der Waals surface area contributed by atoms with Crippen molar-refractivity contribution in [3.05, 3.63) is 30.5 Å². The molecule has 0 bridgehead atoms. The van der Waals surface area contributed by atoms with Gasteiger partial charge in [0, 0.05) is 20.0 Å². The van der Waals surface area contributed by atoms with E-state index in [1.807, 2.05) is 17.1 Å². The van der Waals surface area contributed by atoms with Gasteiger partial charge in [-0.25, -0.2) is 13.5 Å². The highest BCUT2D eigenvalue weighted by Crippen LogP contribution is 2.35. The number of hydrogen-bond donors (Lipinski definition) is 0. The predicted molar refractivity (Wildman–Crippen MR) is 117 cm³/mol. The number of halogens is 2. The summed E-state index contributed by atoms with van der Waals surface area (Å²) in [5.74, 6) is 0.00442. The van der Waals surface area contributed by atoms with Crippen LogP contribution < -0.4 is 9.80 Å². The first-order valence-corrected chi connectivity index (χ1v) is 10.7. The van der Waals surface area contributed by atoms with Crippen LogP contribution in [0.3, 0.4) is 0 Å². The molecular formula is C21H23F2N7O3. The number of alkyl halides is 2. The lowest BCUT2D eigenvalue weighted by Crippen LogP contribution is -2.42. The van der Waals surface area contributed by atoms with Crippen LogP contribution in [0.25, 0.3) is 11.0 Å². The number of nitrogens with zero attached hydrogens (tertiary/aromatic N) is 7. The second kappa shape index (κ2) is 8.85. The number of aromatic nitrogens is 4. The summed E-state index contributed by atoms with van der Waals surface area (Å²) in [5.41, 5.74) is 0.473. The number of allylic oxidation sites excluding steroid dienone is 2. The molecule has 2 aliphatic heterocycles. The van der Waals surface area contributed by atoms with Gasteiger partial charge in [-0.1, -0.05) is 24.3 Å². The average Bonchev–Trinajstić information content (AvgIpc) is 3.41. The second-order valence-corrected chi connectivity index (χ2v) is 7.80. The van der Waals surface area contributed by atoms with Gasteiger partial charge in [0.1, 0.15) is 6.61 Å². The molecule has 0 saturated carbocycles. The molecule has 0 radical (unpaired) electrons. The van der Waals surface area contributed by atoms with E-state index in [4.69, 9.17) is 19.4 Å². The van der Waals surface area contributed by atoms with Crippen molar-refractivity contribution in [3.8, 4) is 0 Å². The lowest BCUT2D eigenvalue weighted by Gasteiger charge is -2.30. The van der Waals surface area contributed by atoms with Crippen molar-refractivity contribution in [3.63, 3.8) is 0 Å². The van der Waals surface area contributed by atoms with Gasteiger partial charge in [-0.2, -0.15) is 15.1 Å². The minimum absolute atomic E-state index is 0.115. The van der Waals surface area contributed by atoms with E-state index in [1.165, 1.54) is 11.8 Å². The molecule has 174 valence electrons. The maximum atomic E-state index is 14.1. The molecule has 1 saturated heterocycles. The van der Waals surface area contributed by atoms with E-state index >= 15 is 0 Å².